The maximum atomic E-state index is 13.2. The van der Waals surface area contributed by atoms with E-state index in [0.29, 0.717) is 6.61 Å². The van der Waals surface area contributed by atoms with Gasteiger partial charge in [-0.3, -0.25) is 0 Å². The number of hydrogen-bond acceptors (Lipinski definition) is 3. The molecule has 0 fully saturated rings. The number of fused-ring (bicyclic) bond motifs is 1. The summed E-state index contributed by atoms with van der Waals surface area (Å²) in [5, 5.41) is 4.49. The zero-order valence-corrected chi connectivity index (χ0v) is 11.6. The summed E-state index contributed by atoms with van der Waals surface area (Å²) in [6, 6.07) is 4.96. The molecule has 98 valence electrons. The van der Waals surface area contributed by atoms with Crippen LogP contribution in [-0.4, -0.2) is 13.7 Å². The number of hydrogen-bond donors (Lipinski definition) is 1. The summed E-state index contributed by atoms with van der Waals surface area (Å²) in [4.78, 5) is 1.24. The Kier molecular flexibility index (Phi) is 4.69. The Morgan fingerprint density at radius 2 is 2.22 bits per heavy atom. The molecule has 1 N–H and O–H groups in total. The molecule has 0 atom stereocenters. The number of ether oxygens (including phenoxy) is 1. The van der Waals surface area contributed by atoms with E-state index in [9.17, 15) is 4.39 Å². The molecular weight excluding hydrogens is 249 g/mol. The normalized spacial score (nSPS) is 11.3. The minimum atomic E-state index is -0.180. The molecule has 0 radical (unpaired) electrons. The molecule has 0 aliphatic carbocycles. The van der Waals surface area contributed by atoms with Crippen molar-refractivity contribution in [1.82, 2.24) is 5.32 Å². The SMILES string of the molecule is CCCNCc1sc2cc(F)ccc2c1COC. The third-order valence-electron chi connectivity index (χ3n) is 2.84. The van der Waals surface area contributed by atoms with E-state index in [2.05, 4.69) is 12.2 Å². The van der Waals surface area contributed by atoms with Crippen LogP contribution in [0, 0.1) is 5.82 Å². The molecule has 0 unspecified atom stereocenters. The van der Waals surface area contributed by atoms with Crippen molar-refractivity contribution in [3.8, 4) is 0 Å². The fourth-order valence-electron chi connectivity index (χ4n) is 2.00. The van der Waals surface area contributed by atoms with Gasteiger partial charge in [-0.25, -0.2) is 4.39 Å². The van der Waals surface area contributed by atoms with Crippen molar-refractivity contribution in [1.29, 1.82) is 0 Å². The Balaban J connectivity index is 2.34. The van der Waals surface area contributed by atoms with Crippen molar-refractivity contribution in [3.63, 3.8) is 0 Å². The standard InChI is InChI=1S/C14H18FNOS/c1-3-6-16-8-14-12(9-17-2)11-5-4-10(15)7-13(11)18-14/h4-5,7,16H,3,6,8-9H2,1-2H3. The lowest BCUT2D eigenvalue weighted by Crippen LogP contribution is -2.13. The Labute approximate surface area is 111 Å². The van der Waals surface area contributed by atoms with Gasteiger partial charge in [0.05, 0.1) is 6.61 Å². The van der Waals surface area contributed by atoms with Crippen LogP contribution < -0.4 is 5.32 Å². The van der Waals surface area contributed by atoms with Gasteiger partial charge < -0.3 is 10.1 Å². The van der Waals surface area contributed by atoms with Crippen molar-refractivity contribution < 1.29 is 9.13 Å². The van der Waals surface area contributed by atoms with Crippen LogP contribution in [0.2, 0.25) is 0 Å². The fourth-order valence-corrected chi connectivity index (χ4v) is 3.20. The van der Waals surface area contributed by atoms with Crippen LogP contribution in [0.1, 0.15) is 23.8 Å². The zero-order chi connectivity index (χ0) is 13.0. The summed E-state index contributed by atoms with van der Waals surface area (Å²) in [6.07, 6.45) is 1.11. The van der Waals surface area contributed by atoms with E-state index in [1.54, 1.807) is 24.5 Å². The first kappa shape index (κ1) is 13.5. The van der Waals surface area contributed by atoms with Crippen LogP contribution in [0.4, 0.5) is 4.39 Å². The molecule has 1 aromatic carbocycles. The van der Waals surface area contributed by atoms with Crippen molar-refractivity contribution in [3.05, 3.63) is 34.5 Å². The second kappa shape index (κ2) is 6.27. The van der Waals surface area contributed by atoms with Gasteiger partial charge in [0.1, 0.15) is 5.82 Å². The molecule has 0 saturated carbocycles. The van der Waals surface area contributed by atoms with Gasteiger partial charge in [0.2, 0.25) is 0 Å². The van der Waals surface area contributed by atoms with Gasteiger partial charge in [0.25, 0.3) is 0 Å². The van der Waals surface area contributed by atoms with E-state index >= 15 is 0 Å². The number of methoxy groups -OCH3 is 1. The molecule has 0 bridgehead atoms. The van der Waals surface area contributed by atoms with E-state index in [-0.39, 0.29) is 5.82 Å². The van der Waals surface area contributed by atoms with Crippen molar-refractivity contribution in [2.24, 2.45) is 0 Å². The Morgan fingerprint density at radius 1 is 1.39 bits per heavy atom. The smallest absolute Gasteiger partial charge is 0.124 e. The van der Waals surface area contributed by atoms with E-state index in [0.717, 1.165) is 29.6 Å². The van der Waals surface area contributed by atoms with Crippen molar-refractivity contribution in [2.75, 3.05) is 13.7 Å². The van der Waals surface area contributed by atoms with E-state index in [1.165, 1.54) is 16.5 Å². The van der Waals surface area contributed by atoms with E-state index in [4.69, 9.17) is 4.74 Å². The molecule has 0 spiro atoms. The summed E-state index contributed by atoms with van der Waals surface area (Å²) in [5.74, 6) is -0.180. The van der Waals surface area contributed by atoms with Gasteiger partial charge in [-0.2, -0.15) is 0 Å². The van der Waals surface area contributed by atoms with Crippen LogP contribution in [0.15, 0.2) is 18.2 Å². The van der Waals surface area contributed by atoms with Crippen LogP contribution in [0.3, 0.4) is 0 Å². The number of halogens is 1. The Bertz CT molecular complexity index is 524. The molecule has 1 aromatic heterocycles. The minimum absolute atomic E-state index is 0.180. The molecule has 4 heteroatoms. The lowest BCUT2D eigenvalue weighted by Gasteiger charge is -2.04. The molecule has 0 aliphatic heterocycles. The second-order valence-corrected chi connectivity index (χ2v) is 5.39. The van der Waals surface area contributed by atoms with E-state index in [1.807, 2.05) is 6.07 Å². The summed E-state index contributed by atoms with van der Waals surface area (Å²) in [5.41, 5.74) is 1.18. The molecular formula is C14H18FNOS. The Hall–Kier alpha value is -0.970. The topological polar surface area (TPSA) is 21.3 Å². The maximum Gasteiger partial charge on any atom is 0.124 e. The Morgan fingerprint density at radius 3 is 2.94 bits per heavy atom. The van der Waals surface area contributed by atoms with Crippen LogP contribution in [-0.2, 0) is 17.9 Å². The largest absolute Gasteiger partial charge is 0.380 e. The second-order valence-electron chi connectivity index (χ2n) is 4.25. The monoisotopic (exact) mass is 267 g/mol. The first-order valence-corrected chi connectivity index (χ1v) is 6.97. The lowest BCUT2D eigenvalue weighted by molar-refractivity contribution is 0.185. The van der Waals surface area contributed by atoms with Crippen LogP contribution >= 0.6 is 11.3 Å². The van der Waals surface area contributed by atoms with Gasteiger partial charge in [-0.05, 0) is 30.5 Å². The van der Waals surface area contributed by atoms with Gasteiger partial charge >= 0.3 is 0 Å². The molecule has 1 heterocycles. The number of benzene rings is 1. The quantitative estimate of drug-likeness (QED) is 0.806. The first-order valence-electron chi connectivity index (χ1n) is 6.15. The van der Waals surface area contributed by atoms with Gasteiger partial charge in [0, 0.05) is 28.8 Å². The summed E-state index contributed by atoms with van der Waals surface area (Å²) >= 11 is 1.65. The predicted octanol–water partition coefficient (Wildman–Crippen LogP) is 3.69. The summed E-state index contributed by atoms with van der Waals surface area (Å²) < 4.78 is 19.5. The van der Waals surface area contributed by atoms with E-state index < -0.39 is 0 Å². The maximum absolute atomic E-state index is 13.2. The molecule has 0 saturated heterocycles. The molecule has 2 aromatic rings. The predicted molar refractivity (Wildman–Crippen MR) is 74.5 cm³/mol. The minimum Gasteiger partial charge on any atom is -0.380 e. The average molecular weight is 267 g/mol. The van der Waals surface area contributed by atoms with Gasteiger partial charge in [-0.15, -0.1) is 11.3 Å². The molecule has 0 amide bonds. The van der Waals surface area contributed by atoms with Crippen LogP contribution in [0.25, 0.3) is 10.1 Å². The highest BCUT2D eigenvalue weighted by molar-refractivity contribution is 7.19. The lowest BCUT2D eigenvalue weighted by atomic mass is 10.1. The molecule has 2 nitrogen and oxygen atoms in total. The molecule has 18 heavy (non-hydrogen) atoms. The summed E-state index contributed by atoms with van der Waals surface area (Å²) in [6.45, 7) is 4.54. The van der Waals surface area contributed by atoms with Gasteiger partial charge in [0.15, 0.2) is 0 Å². The van der Waals surface area contributed by atoms with Crippen molar-refractivity contribution >= 4 is 21.4 Å². The van der Waals surface area contributed by atoms with Crippen LogP contribution in [0.5, 0.6) is 0 Å². The summed E-state index contributed by atoms with van der Waals surface area (Å²) in [7, 11) is 1.69. The van der Waals surface area contributed by atoms with Gasteiger partial charge in [-0.1, -0.05) is 13.0 Å². The zero-order valence-electron chi connectivity index (χ0n) is 10.8. The highest BCUT2D eigenvalue weighted by atomic mass is 32.1. The third-order valence-corrected chi connectivity index (χ3v) is 4.03. The van der Waals surface area contributed by atoms with Crippen molar-refractivity contribution in [2.45, 2.75) is 26.5 Å². The first-order chi connectivity index (χ1) is 8.76. The third kappa shape index (κ3) is 2.88. The number of nitrogens with one attached hydrogen (secondary N) is 1. The molecule has 2 rings (SSSR count). The molecule has 0 aliphatic rings. The number of rotatable bonds is 6. The fraction of sp³-hybridized carbons (Fsp3) is 0.429. The average Bonchev–Trinajstić information content (AvgIpc) is 2.68. The highest BCUT2D eigenvalue weighted by Crippen LogP contribution is 2.32. The number of thiophene rings is 1. The highest BCUT2D eigenvalue weighted by Gasteiger charge is 2.12.